The van der Waals surface area contributed by atoms with Gasteiger partial charge in [0.15, 0.2) is 0 Å². The van der Waals surface area contributed by atoms with Gasteiger partial charge in [-0.15, -0.1) is 0 Å². The number of aromatic nitrogens is 4. The molecule has 0 saturated carbocycles. The van der Waals surface area contributed by atoms with E-state index in [0.29, 0.717) is 0 Å². The summed E-state index contributed by atoms with van der Waals surface area (Å²) in [6.07, 6.45) is 12.2. The molecule has 8 aromatic rings. The average molecular weight is 410 g/mol. The van der Waals surface area contributed by atoms with Crippen LogP contribution in [0.2, 0.25) is 0 Å². The fourth-order valence-corrected chi connectivity index (χ4v) is 5.78. The lowest BCUT2D eigenvalue weighted by molar-refractivity contribution is 1.26. The largest absolute Gasteiger partial charge is 0.315 e. The fourth-order valence-electron chi connectivity index (χ4n) is 5.78. The van der Waals surface area contributed by atoms with Crippen LogP contribution in [0.15, 0.2) is 73.6 Å². The highest BCUT2D eigenvalue weighted by Crippen LogP contribution is 2.41. The summed E-state index contributed by atoms with van der Waals surface area (Å²) in [5, 5.41) is 7.56. The van der Waals surface area contributed by atoms with Crippen molar-refractivity contribution in [1.82, 2.24) is 18.8 Å². The Morgan fingerprint density at radius 3 is 1.47 bits per heavy atom. The van der Waals surface area contributed by atoms with E-state index in [0.717, 1.165) is 0 Å². The van der Waals surface area contributed by atoms with E-state index >= 15 is 0 Å². The molecule has 0 atom stereocenters. The molecule has 6 aromatic heterocycles. The maximum atomic E-state index is 4.41. The summed E-state index contributed by atoms with van der Waals surface area (Å²) >= 11 is 0. The molecule has 6 heterocycles. The minimum atomic E-state index is 1.21. The third kappa shape index (κ3) is 1.81. The van der Waals surface area contributed by atoms with Gasteiger partial charge in [-0.05, 0) is 72.5 Å². The summed E-state index contributed by atoms with van der Waals surface area (Å²) in [6, 6.07) is 13.6. The molecular formula is C28H18N4. The van der Waals surface area contributed by atoms with Crippen LogP contribution in [0.4, 0.5) is 0 Å². The van der Waals surface area contributed by atoms with Crippen LogP contribution in [0, 0.1) is 13.8 Å². The van der Waals surface area contributed by atoms with Crippen LogP contribution in [0.25, 0.3) is 65.5 Å². The van der Waals surface area contributed by atoms with E-state index in [-0.39, 0.29) is 0 Å². The topological polar surface area (TPSA) is 34.6 Å². The highest BCUT2D eigenvalue weighted by Gasteiger charge is 2.19. The first-order valence-corrected chi connectivity index (χ1v) is 10.9. The maximum absolute atomic E-state index is 4.41. The van der Waals surface area contributed by atoms with E-state index < -0.39 is 0 Å². The van der Waals surface area contributed by atoms with Crippen molar-refractivity contribution in [2.75, 3.05) is 0 Å². The molecule has 0 spiro atoms. The Labute approximate surface area is 183 Å². The van der Waals surface area contributed by atoms with E-state index in [2.05, 4.69) is 81.4 Å². The average Bonchev–Trinajstić information content (AvgIpc) is 3.53. The van der Waals surface area contributed by atoms with Crippen LogP contribution in [0.5, 0.6) is 0 Å². The lowest BCUT2D eigenvalue weighted by Gasteiger charge is -2.06. The molecule has 0 unspecified atom stereocenters. The Morgan fingerprint density at radius 1 is 0.562 bits per heavy atom. The van der Waals surface area contributed by atoms with Crippen molar-refractivity contribution in [2.45, 2.75) is 13.8 Å². The van der Waals surface area contributed by atoms with Gasteiger partial charge in [0.1, 0.15) is 0 Å². The highest BCUT2D eigenvalue weighted by atomic mass is 14.9. The van der Waals surface area contributed by atoms with E-state index in [1.165, 1.54) is 76.6 Å². The third-order valence-electron chi connectivity index (χ3n) is 7.23. The van der Waals surface area contributed by atoms with Crippen LogP contribution in [0.3, 0.4) is 0 Å². The predicted octanol–water partition coefficient (Wildman–Crippen LogP) is 6.75. The summed E-state index contributed by atoms with van der Waals surface area (Å²) < 4.78 is 4.63. The molecule has 150 valence electrons. The second-order valence-electron chi connectivity index (χ2n) is 8.99. The van der Waals surface area contributed by atoms with Gasteiger partial charge >= 0.3 is 0 Å². The fraction of sp³-hybridized carbons (Fsp3) is 0.0714. The lowest BCUT2D eigenvalue weighted by atomic mass is 9.96. The number of pyridine rings is 2. The van der Waals surface area contributed by atoms with Crippen molar-refractivity contribution in [3.05, 3.63) is 84.7 Å². The van der Waals surface area contributed by atoms with Gasteiger partial charge in [0, 0.05) is 69.5 Å². The van der Waals surface area contributed by atoms with Crippen LogP contribution in [-0.2, 0) is 0 Å². The number of benzene rings is 2. The molecule has 0 bridgehead atoms. The molecule has 0 aliphatic carbocycles. The standard InChI is InChI=1S/C28H18N4/c1-15-13-31-25-3-5-29-11-23(25)21-9-17(7-19(15)27(21)31)18-8-20-16(2)14-32-26-4-6-30-12-24(26)22(10-18)28(20)32/h3-14H,1-2H3. The summed E-state index contributed by atoms with van der Waals surface area (Å²) in [5.74, 6) is 0. The minimum absolute atomic E-state index is 1.21. The second-order valence-corrected chi connectivity index (χ2v) is 8.99. The smallest absolute Gasteiger partial charge is 0.0611 e. The van der Waals surface area contributed by atoms with Crippen molar-refractivity contribution in [3.63, 3.8) is 0 Å². The number of rotatable bonds is 1. The zero-order valence-electron chi connectivity index (χ0n) is 17.7. The Hall–Kier alpha value is -4.18. The van der Waals surface area contributed by atoms with Crippen LogP contribution < -0.4 is 0 Å². The SMILES string of the molecule is Cc1cn2c3ccncc3c3cc(-c4cc5c(C)cn6c7ccncc7c(c4)c56)cc1c32. The molecule has 0 radical (unpaired) electrons. The molecule has 8 rings (SSSR count). The first-order chi connectivity index (χ1) is 15.7. The zero-order valence-corrected chi connectivity index (χ0v) is 17.7. The van der Waals surface area contributed by atoms with Crippen molar-refractivity contribution in [3.8, 4) is 11.1 Å². The van der Waals surface area contributed by atoms with Gasteiger partial charge in [0.2, 0.25) is 0 Å². The Bertz CT molecular complexity index is 1860. The zero-order chi connectivity index (χ0) is 21.1. The van der Waals surface area contributed by atoms with E-state index in [1.54, 1.807) is 0 Å². The molecule has 0 aliphatic rings. The molecule has 0 amide bonds. The van der Waals surface area contributed by atoms with Crippen molar-refractivity contribution >= 4 is 54.4 Å². The van der Waals surface area contributed by atoms with Gasteiger partial charge in [-0.2, -0.15) is 0 Å². The number of hydrogen-bond acceptors (Lipinski definition) is 2. The molecule has 0 fully saturated rings. The van der Waals surface area contributed by atoms with Crippen molar-refractivity contribution < 1.29 is 0 Å². The second kappa shape index (κ2) is 5.35. The van der Waals surface area contributed by atoms with E-state index in [4.69, 9.17) is 0 Å². The molecular weight excluding hydrogens is 392 g/mol. The summed E-state index contributed by atoms with van der Waals surface area (Å²) in [5.41, 5.74) is 10.1. The highest BCUT2D eigenvalue weighted by molar-refractivity contribution is 6.19. The van der Waals surface area contributed by atoms with Gasteiger partial charge in [0.25, 0.3) is 0 Å². The quantitative estimate of drug-likeness (QED) is 0.300. The van der Waals surface area contributed by atoms with Crippen LogP contribution >= 0.6 is 0 Å². The normalized spacial score (nSPS) is 12.7. The van der Waals surface area contributed by atoms with Crippen molar-refractivity contribution in [1.29, 1.82) is 0 Å². The molecule has 0 N–H and O–H groups in total. The molecule has 0 aliphatic heterocycles. The third-order valence-corrected chi connectivity index (χ3v) is 7.23. The van der Waals surface area contributed by atoms with Gasteiger partial charge < -0.3 is 8.80 Å². The first kappa shape index (κ1) is 16.5. The van der Waals surface area contributed by atoms with Gasteiger partial charge in [-0.25, -0.2) is 0 Å². The van der Waals surface area contributed by atoms with Crippen LogP contribution in [-0.4, -0.2) is 18.8 Å². The Kier molecular flexibility index (Phi) is 2.76. The van der Waals surface area contributed by atoms with E-state index in [9.17, 15) is 0 Å². The Morgan fingerprint density at radius 2 is 1.00 bits per heavy atom. The number of hydrogen-bond donors (Lipinski definition) is 0. The van der Waals surface area contributed by atoms with E-state index in [1.807, 2.05) is 24.8 Å². The van der Waals surface area contributed by atoms with Crippen LogP contribution in [0.1, 0.15) is 11.1 Å². The molecule has 2 aromatic carbocycles. The maximum Gasteiger partial charge on any atom is 0.0611 e. The lowest BCUT2D eigenvalue weighted by Crippen LogP contribution is -1.82. The summed E-state index contributed by atoms with van der Waals surface area (Å²) in [6.45, 7) is 4.40. The number of aryl methyl sites for hydroxylation is 2. The predicted molar refractivity (Wildman–Crippen MR) is 131 cm³/mol. The molecule has 4 nitrogen and oxygen atoms in total. The monoisotopic (exact) mass is 410 g/mol. The number of fused-ring (bicyclic) bond motifs is 6. The molecule has 0 saturated heterocycles. The van der Waals surface area contributed by atoms with Crippen molar-refractivity contribution in [2.24, 2.45) is 0 Å². The first-order valence-electron chi connectivity index (χ1n) is 10.9. The summed E-state index contributed by atoms with van der Waals surface area (Å²) in [4.78, 5) is 8.83. The minimum Gasteiger partial charge on any atom is -0.315 e. The Balaban J connectivity index is 1.53. The van der Waals surface area contributed by atoms with Gasteiger partial charge in [0.05, 0.1) is 22.1 Å². The van der Waals surface area contributed by atoms with Gasteiger partial charge in [-0.3, -0.25) is 9.97 Å². The molecule has 32 heavy (non-hydrogen) atoms. The molecule has 4 heteroatoms. The number of nitrogens with zero attached hydrogens (tertiary/aromatic N) is 4. The van der Waals surface area contributed by atoms with Gasteiger partial charge in [-0.1, -0.05) is 0 Å². The summed E-state index contributed by atoms with van der Waals surface area (Å²) in [7, 11) is 0.